The molecule has 2 aromatic carbocycles. The van der Waals surface area contributed by atoms with E-state index in [2.05, 4.69) is 0 Å². The first-order valence-electron chi connectivity index (χ1n) is 6.36. The van der Waals surface area contributed by atoms with Crippen molar-refractivity contribution in [1.82, 2.24) is 10.3 Å². The number of hydrazine groups is 1. The summed E-state index contributed by atoms with van der Waals surface area (Å²) >= 11 is 0. The Balaban J connectivity index is 2.25. The molecule has 0 aliphatic carbocycles. The first-order valence-corrected chi connectivity index (χ1v) is 7.84. The quantitative estimate of drug-likeness (QED) is 0.648. The van der Waals surface area contributed by atoms with Crippen molar-refractivity contribution in [1.29, 1.82) is 0 Å². The topological polar surface area (TPSA) is 75.3 Å². The van der Waals surface area contributed by atoms with Crippen LogP contribution in [0.15, 0.2) is 53.4 Å². The van der Waals surface area contributed by atoms with Gasteiger partial charge in [0.25, 0.3) is 15.9 Å². The molecule has 2 aromatic rings. The highest BCUT2D eigenvalue weighted by atomic mass is 32.2. The average Bonchev–Trinajstić information content (AvgIpc) is 2.52. The molecule has 5 nitrogen and oxygen atoms in total. The van der Waals surface area contributed by atoms with Gasteiger partial charge in [-0.2, -0.15) is 13.2 Å². The fraction of sp³-hybridized carbons (Fsp3) is 0.0714. The lowest BCUT2D eigenvalue weighted by atomic mass is 10.2. The van der Waals surface area contributed by atoms with E-state index in [1.165, 1.54) is 17.0 Å². The summed E-state index contributed by atoms with van der Waals surface area (Å²) in [5, 5.41) is 0. The van der Waals surface area contributed by atoms with Crippen molar-refractivity contribution in [2.24, 2.45) is 0 Å². The number of nitrogens with one attached hydrogen (secondary N) is 2. The minimum atomic E-state index is -4.90. The standard InChI is InChI=1S/C14H10F4N2O3S/c15-11-7-3-1-5-9(11)13(21)19-20-24(22,23)12-8-4-2-6-10(12)14(16,17)18/h1-8,20H,(H,19,21). The maximum absolute atomic E-state index is 13.4. The van der Waals surface area contributed by atoms with Gasteiger partial charge < -0.3 is 0 Å². The van der Waals surface area contributed by atoms with Crippen LogP contribution in [-0.4, -0.2) is 14.3 Å². The Kier molecular flexibility index (Phi) is 4.90. The number of hydrogen-bond acceptors (Lipinski definition) is 3. The molecular weight excluding hydrogens is 352 g/mol. The summed E-state index contributed by atoms with van der Waals surface area (Å²) in [6.07, 6.45) is -4.90. The molecule has 2 rings (SSSR count). The number of carbonyl (C=O) groups is 1. The van der Waals surface area contributed by atoms with E-state index in [1.54, 1.807) is 5.43 Å². The predicted molar refractivity (Wildman–Crippen MR) is 75.6 cm³/mol. The highest BCUT2D eigenvalue weighted by molar-refractivity contribution is 7.89. The predicted octanol–water partition coefficient (Wildman–Crippen LogP) is 2.47. The second kappa shape index (κ2) is 6.57. The van der Waals surface area contributed by atoms with Crippen LogP contribution in [0, 0.1) is 5.82 Å². The van der Waals surface area contributed by atoms with Gasteiger partial charge in [-0.25, -0.2) is 12.8 Å². The molecule has 0 fully saturated rings. The Morgan fingerprint density at radius 1 is 0.958 bits per heavy atom. The van der Waals surface area contributed by atoms with Crippen LogP contribution in [-0.2, 0) is 16.2 Å². The van der Waals surface area contributed by atoms with Crippen LogP contribution in [0.4, 0.5) is 17.6 Å². The fourth-order valence-corrected chi connectivity index (χ4v) is 2.88. The van der Waals surface area contributed by atoms with Crippen LogP contribution < -0.4 is 10.3 Å². The number of rotatable bonds is 4. The number of hydrogen-bond donors (Lipinski definition) is 2. The third-order valence-electron chi connectivity index (χ3n) is 2.90. The molecule has 0 aliphatic heterocycles. The molecular formula is C14H10F4N2O3S. The van der Waals surface area contributed by atoms with Crippen LogP contribution >= 0.6 is 0 Å². The highest BCUT2D eigenvalue weighted by Gasteiger charge is 2.37. The van der Waals surface area contributed by atoms with Crippen molar-refractivity contribution in [3.8, 4) is 0 Å². The SMILES string of the molecule is O=C(NNS(=O)(=O)c1ccccc1C(F)(F)F)c1ccccc1F. The maximum Gasteiger partial charge on any atom is 0.417 e. The van der Waals surface area contributed by atoms with Gasteiger partial charge in [-0.1, -0.05) is 24.3 Å². The second-order valence-electron chi connectivity index (χ2n) is 4.53. The molecule has 0 bridgehead atoms. The van der Waals surface area contributed by atoms with E-state index in [1.807, 2.05) is 0 Å². The van der Waals surface area contributed by atoms with Gasteiger partial charge >= 0.3 is 6.18 Å². The monoisotopic (exact) mass is 362 g/mol. The van der Waals surface area contributed by atoms with E-state index in [4.69, 9.17) is 0 Å². The third-order valence-corrected chi connectivity index (χ3v) is 4.21. The van der Waals surface area contributed by atoms with Crippen LogP contribution in [0.25, 0.3) is 0 Å². The summed E-state index contributed by atoms with van der Waals surface area (Å²) < 4.78 is 76.0. The highest BCUT2D eigenvalue weighted by Crippen LogP contribution is 2.33. The zero-order valence-corrected chi connectivity index (χ0v) is 12.6. The van der Waals surface area contributed by atoms with E-state index in [-0.39, 0.29) is 0 Å². The van der Waals surface area contributed by atoms with Crippen LogP contribution in [0.1, 0.15) is 15.9 Å². The molecule has 0 radical (unpaired) electrons. The van der Waals surface area contributed by atoms with Gasteiger partial charge in [0.1, 0.15) is 5.82 Å². The lowest BCUT2D eigenvalue weighted by molar-refractivity contribution is -0.139. The molecule has 0 atom stereocenters. The van der Waals surface area contributed by atoms with Gasteiger partial charge in [-0.05, 0) is 24.3 Å². The number of alkyl halides is 3. The first-order chi connectivity index (χ1) is 11.1. The van der Waals surface area contributed by atoms with Crippen LogP contribution in [0.5, 0.6) is 0 Å². The fourth-order valence-electron chi connectivity index (χ4n) is 1.82. The Labute approximate surface area is 134 Å². The van der Waals surface area contributed by atoms with Crippen LogP contribution in [0.3, 0.4) is 0 Å². The molecule has 0 aromatic heterocycles. The first kappa shape index (κ1) is 17.9. The van der Waals surface area contributed by atoms with Gasteiger partial charge in [0.15, 0.2) is 0 Å². The average molecular weight is 362 g/mol. The summed E-state index contributed by atoms with van der Waals surface area (Å²) in [7, 11) is -4.71. The maximum atomic E-state index is 13.4. The van der Waals surface area contributed by atoms with Crippen molar-refractivity contribution in [3.05, 3.63) is 65.5 Å². The van der Waals surface area contributed by atoms with E-state index in [0.29, 0.717) is 6.07 Å². The number of sulfonamides is 1. The molecule has 0 saturated carbocycles. The lowest BCUT2D eigenvalue weighted by Crippen LogP contribution is -2.42. The Bertz CT molecular complexity index is 866. The van der Waals surface area contributed by atoms with Gasteiger partial charge in [0, 0.05) is 0 Å². The van der Waals surface area contributed by atoms with Gasteiger partial charge in [0.2, 0.25) is 0 Å². The van der Waals surface area contributed by atoms with Gasteiger partial charge in [-0.3, -0.25) is 10.2 Å². The van der Waals surface area contributed by atoms with E-state index in [9.17, 15) is 30.8 Å². The third kappa shape index (κ3) is 3.89. The second-order valence-corrected chi connectivity index (χ2v) is 6.18. The summed E-state index contributed by atoms with van der Waals surface area (Å²) in [6, 6.07) is 8.17. The van der Waals surface area contributed by atoms with Crippen molar-refractivity contribution in [3.63, 3.8) is 0 Å². The van der Waals surface area contributed by atoms with Crippen LogP contribution in [0.2, 0.25) is 0 Å². The van der Waals surface area contributed by atoms with E-state index >= 15 is 0 Å². The van der Waals surface area contributed by atoms with Crippen molar-refractivity contribution in [2.45, 2.75) is 11.1 Å². The Morgan fingerprint density at radius 3 is 2.17 bits per heavy atom. The molecule has 0 heterocycles. The van der Waals surface area contributed by atoms with E-state index in [0.717, 1.165) is 30.3 Å². The zero-order valence-electron chi connectivity index (χ0n) is 11.8. The molecule has 0 saturated heterocycles. The number of amides is 1. The molecule has 0 spiro atoms. The summed E-state index contributed by atoms with van der Waals surface area (Å²) in [4.78, 5) is 12.2. The van der Waals surface area contributed by atoms with E-state index < -0.39 is 43.9 Å². The van der Waals surface area contributed by atoms with Gasteiger partial charge in [0.05, 0.1) is 16.0 Å². The van der Waals surface area contributed by atoms with Crippen molar-refractivity contribution >= 4 is 15.9 Å². The molecule has 10 heteroatoms. The molecule has 128 valence electrons. The molecule has 0 unspecified atom stereocenters. The lowest BCUT2D eigenvalue weighted by Gasteiger charge is -2.14. The zero-order chi connectivity index (χ0) is 18.0. The Morgan fingerprint density at radius 2 is 1.54 bits per heavy atom. The molecule has 0 aliphatic rings. The molecule has 24 heavy (non-hydrogen) atoms. The number of carbonyl (C=O) groups excluding carboxylic acids is 1. The van der Waals surface area contributed by atoms with Crippen molar-refractivity contribution < 1.29 is 30.8 Å². The molecule has 1 amide bonds. The smallest absolute Gasteiger partial charge is 0.273 e. The normalized spacial score (nSPS) is 12.0. The number of benzene rings is 2. The minimum absolute atomic E-state index is 0.468. The summed E-state index contributed by atoms with van der Waals surface area (Å²) in [6.45, 7) is 0. The van der Waals surface area contributed by atoms with Gasteiger partial charge in [-0.15, -0.1) is 4.83 Å². The largest absolute Gasteiger partial charge is 0.417 e. The number of halogens is 4. The summed E-state index contributed by atoms with van der Waals surface area (Å²) in [5.41, 5.74) is -0.186. The minimum Gasteiger partial charge on any atom is -0.273 e. The summed E-state index contributed by atoms with van der Waals surface area (Å²) in [5.74, 6) is -2.06. The molecule has 2 N–H and O–H groups in total. The Hall–Kier alpha value is -2.46. The van der Waals surface area contributed by atoms with Crippen molar-refractivity contribution in [2.75, 3.05) is 0 Å².